The molecule has 0 unspecified atom stereocenters. The number of aryl methyl sites for hydroxylation is 1. The van der Waals surface area contributed by atoms with Gasteiger partial charge in [0.1, 0.15) is 9.90 Å². The number of nitrogens with one attached hydrogen (secondary N) is 1. The van der Waals surface area contributed by atoms with Gasteiger partial charge in [0.15, 0.2) is 9.84 Å². The van der Waals surface area contributed by atoms with Crippen LogP contribution in [0.1, 0.15) is 40.1 Å². The van der Waals surface area contributed by atoms with E-state index in [4.69, 9.17) is 5.73 Å². The fraction of sp³-hybridized carbons (Fsp3) is 0.429. The zero-order valence-electron chi connectivity index (χ0n) is 18.0. The third-order valence-corrected chi connectivity index (χ3v) is 10.5. The second-order valence-electron chi connectivity index (χ2n) is 8.31. The minimum atomic E-state index is -4.04. The van der Waals surface area contributed by atoms with Crippen molar-refractivity contribution in [1.29, 1.82) is 0 Å². The van der Waals surface area contributed by atoms with Gasteiger partial charge in [0, 0.05) is 30.1 Å². The van der Waals surface area contributed by atoms with Crippen LogP contribution in [0.4, 0.5) is 5.00 Å². The fourth-order valence-electron chi connectivity index (χ4n) is 4.43. The van der Waals surface area contributed by atoms with Crippen LogP contribution >= 0.6 is 11.3 Å². The highest BCUT2D eigenvalue weighted by Crippen LogP contribution is 2.39. The first-order valence-electron chi connectivity index (χ1n) is 10.5. The number of rotatable bonds is 6. The highest BCUT2D eigenvalue weighted by Gasteiger charge is 2.35. The number of thiophene rings is 1. The van der Waals surface area contributed by atoms with Crippen molar-refractivity contribution < 1.29 is 26.4 Å². The number of sulfonamides is 1. The molecule has 0 bridgehead atoms. The summed E-state index contributed by atoms with van der Waals surface area (Å²) in [6.07, 6.45) is 4.13. The van der Waals surface area contributed by atoms with E-state index >= 15 is 0 Å². The van der Waals surface area contributed by atoms with Gasteiger partial charge in [0.05, 0.1) is 10.5 Å². The monoisotopic (exact) mass is 511 g/mol. The third kappa shape index (κ3) is 4.57. The Balaban J connectivity index is 1.47. The minimum Gasteiger partial charge on any atom is -0.365 e. The molecule has 2 amide bonds. The molecule has 2 aromatic rings. The third-order valence-electron chi connectivity index (χ3n) is 6.10. The summed E-state index contributed by atoms with van der Waals surface area (Å²) < 4.78 is 51.6. The highest BCUT2D eigenvalue weighted by molar-refractivity contribution is 7.93. The predicted molar refractivity (Wildman–Crippen MR) is 125 cm³/mol. The average Bonchev–Trinajstić information content (AvgIpc) is 3.33. The number of hydrogen-bond donors (Lipinski definition) is 2. The largest absolute Gasteiger partial charge is 0.365 e. The normalized spacial score (nSPS) is 17.6. The smallest absolute Gasteiger partial charge is 0.251 e. The number of nitrogens with two attached hydrogens (primary N) is 1. The summed E-state index contributed by atoms with van der Waals surface area (Å²) in [5, 5.41) is 3.30. The molecule has 1 aliphatic heterocycles. The van der Waals surface area contributed by atoms with Gasteiger partial charge >= 0.3 is 0 Å². The quantitative estimate of drug-likeness (QED) is 0.605. The number of primary amides is 1. The Morgan fingerprint density at radius 1 is 1.06 bits per heavy atom. The molecule has 2 aliphatic rings. The summed E-state index contributed by atoms with van der Waals surface area (Å²) in [7, 11) is -7.77. The number of carbonyl (C=O) groups is 2. The lowest BCUT2D eigenvalue weighted by Crippen LogP contribution is -2.41. The molecule has 2 heterocycles. The summed E-state index contributed by atoms with van der Waals surface area (Å²) in [5.74, 6) is -1.26. The zero-order valence-corrected chi connectivity index (χ0v) is 20.5. The van der Waals surface area contributed by atoms with E-state index in [-0.39, 0.29) is 41.6 Å². The van der Waals surface area contributed by atoms with Crippen LogP contribution in [0.25, 0.3) is 0 Å². The zero-order chi connectivity index (χ0) is 24.0. The Hall–Kier alpha value is -2.28. The Morgan fingerprint density at radius 2 is 1.70 bits per heavy atom. The summed E-state index contributed by atoms with van der Waals surface area (Å²) in [5.41, 5.74) is 6.86. The number of sulfone groups is 1. The van der Waals surface area contributed by atoms with E-state index in [0.717, 1.165) is 36.0 Å². The molecule has 1 aromatic heterocycles. The van der Waals surface area contributed by atoms with Crippen molar-refractivity contribution in [2.75, 3.05) is 24.7 Å². The molecule has 9 nitrogen and oxygen atoms in total. The van der Waals surface area contributed by atoms with Crippen LogP contribution in [0, 0.1) is 5.92 Å². The maximum Gasteiger partial charge on any atom is 0.251 e. The first kappa shape index (κ1) is 23.9. The Labute approximate surface area is 196 Å². The van der Waals surface area contributed by atoms with E-state index in [1.54, 1.807) is 0 Å². The maximum absolute atomic E-state index is 13.1. The molecule has 1 saturated heterocycles. The molecule has 12 heteroatoms. The molecule has 3 N–H and O–H groups in total. The van der Waals surface area contributed by atoms with Gasteiger partial charge in [0.25, 0.3) is 5.91 Å². The molecule has 0 radical (unpaired) electrons. The average molecular weight is 512 g/mol. The maximum atomic E-state index is 13.1. The number of amides is 2. The molecular weight excluding hydrogens is 486 g/mol. The second kappa shape index (κ2) is 8.82. The molecule has 0 spiro atoms. The van der Waals surface area contributed by atoms with Crippen LogP contribution in [-0.2, 0) is 37.5 Å². The van der Waals surface area contributed by atoms with E-state index in [9.17, 15) is 26.4 Å². The van der Waals surface area contributed by atoms with Crippen molar-refractivity contribution in [3.63, 3.8) is 0 Å². The number of carbonyl (C=O) groups excluding carboxylic acids is 2. The van der Waals surface area contributed by atoms with Crippen LogP contribution in [0.2, 0.25) is 0 Å². The van der Waals surface area contributed by atoms with Gasteiger partial charge in [-0.25, -0.2) is 16.8 Å². The number of hydrogen-bond acceptors (Lipinski definition) is 7. The first-order valence-corrected chi connectivity index (χ1v) is 14.7. The van der Waals surface area contributed by atoms with E-state index in [1.165, 1.54) is 39.9 Å². The number of benzene rings is 1. The Morgan fingerprint density at radius 3 is 2.30 bits per heavy atom. The molecule has 0 atom stereocenters. The topological polar surface area (TPSA) is 144 Å². The molecular formula is C21H25N3O6S3. The molecule has 0 saturated carbocycles. The summed E-state index contributed by atoms with van der Waals surface area (Å²) >= 11 is 1.38. The van der Waals surface area contributed by atoms with Crippen molar-refractivity contribution in [1.82, 2.24) is 4.31 Å². The SMILES string of the molecule is CS(=O)(=O)c1ccccc1S(=O)(=O)N1CCC(C(=O)Nc2sc3c(c2C(N)=O)CCC3)CC1. The van der Waals surface area contributed by atoms with Crippen molar-refractivity contribution >= 4 is 48.0 Å². The lowest BCUT2D eigenvalue weighted by atomic mass is 9.97. The molecule has 33 heavy (non-hydrogen) atoms. The number of anilines is 1. The Kier molecular flexibility index (Phi) is 6.38. The van der Waals surface area contributed by atoms with E-state index in [0.29, 0.717) is 10.6 Å². The van der Waals surface area contributed by atoms with Crippen molar-refractivity contribution in [3.05, 3.63) is 40.3 Å². The number of fused-ring (bicyclic) bond motifs is 1. The second-order valence-corrected chi connectivity index (χ2v) is 13.3. The summed E-state index contributed by atoms with van der Waals surface area (Å²) in [4.78, 5) is 25.4. The minimum absolute atomic E-state index is 0.0854. The van der Waals surface area contributed by atoms with E-state index in [1.807, 2.05) is 0 Å². The highest BCUT2D eigenvalue weighted by atomic mass is 32.2. The van der Waals surface area contributed by atoms with Gasteiger partial charge < -0.3 is 11.1 Å². The van der Waals surface area contributed by atoms with Gasteiger partial charge in [-0.2, -0.15) is 4.31 Å². The predicted octanol–water partition coefficient (Wildman–Crippen LogP) is 1.78. The molecule has 1 aliphatic carbocycles. The van der Waals surface area contributed by atoms with E-state index < -0.39 is 31.7 Å². The Bertz CT molecular complexity index is 1320. The van der Waals surface area contributed by atoms with Gasteiger partial charge in [0.2, 0.25) is 15.9 Å². The number of nitrogens with zero attached hydrogens (tertiary/aromatic N) is 1. The lowest BCUT2D eigenvalue weighted by Gasteiger charge is -2.31. The van der Waals surface area contributed by atoms with Crippen LogP contribution in [-0.4, -0.2) is 52.3 Å². The van der Waals surface area contributed by atoms with Crippen LogP contribution in [0.3, 0.4) is 0 Å². The van der Waals surface area contributed by atoms with Crippen molar-refractivity contribution in [3.8, 4) is 0 Å². The van der Waals surface area contributed by atoms with Gasteiger partial charge in [-0.3, -0.25) is 9.59 Å². The molecule has 1 fully saturated rings. The van der Waals surface area contributed by atoms with Gasteiger partial charge in [-0.1, -0.05) is 12.1 Å². The summed E-state index contributed by atoms with van der Waals surface area (Å²) in [6.45, 7) is 0.171. The number of piperidine rings is 1. The van der Waals surface area contributed by atoms with Crippen molar-refractivity contribution in [2.45, 2.75) is 41.9 Å². The molecule has 1 aromatic carbocycles. The van der Waals surface area contributed by atoms with E-state index in [2.05, 4.69) is 5.32 Å². The standard InChI is InChI=1S/C21H25N3O6S3/c1-32(27,28)16-7-2-3-8-17(16)33(29,30)24-11-9-13(10-12-24)20(26)23-21-18(19(22)25)14-5-4-6-15(14)31-21/h2-3,7-8,13H,4-6,9-12H2,1H3,(H2,22,25)(H,23,26). The first-order chi connectivity index (χ1) is 15.5. The summed E-state index contributed by atoms with van der Waals surface area (Å²) in [6, 6.07) is 5.52. The molecule has 178 valence electrons. The van der Waals surface area contributed by atoms with Crippen molar-refractivity contribution in [2.24, 2.45) is 11.7 Å². The van der Waals surface area contributed by atoms with Gasteiger partial charge in [-0.15, -0.1) is 11.3 Å². The van der Waals surface area contributed by atoms with Crippen LogP contribution < -0.4 is 11.1 Å². The van der Waals surface area contributed by atoms with Gasteiger partial charge in [-0.05, 0) is 49.8 Å². The lowest BCUT2D eigenvalue weighted by molar-refractivity contribution is -0.120. The van der Waals surface area contributed by atoms with Crippen LogP contribution in [0.15, 0.2) is 34.1 Å². The molecule has 4 rings (SSSR count). The van der Waals surface area contributed by atoms with Crippen LogP contribution in [0.5, 0.6) is 0 Å². The fourth-order valence-corrected chi connectivity index (χ4v) is 8.80.